The van der Waals surface area contributed by atoms with Crippen LogP contribution in [0.3, 0.4) is 0 Å². The van der Waals surface area contributed by atoms with Crippen molar-refractivity contribution in [3.63, 3.8) is 0 Å². The Kier molecular flexibility index (Phi) is 2.70. The molecule has 0 aliphatic rings. The molecular formula is C11H10F2N2O. The van der Waals surface area contributed by atoms with Crippen LogP contribution in [0.2, 0.25) is 0 Å². The molecule has 0 saturated carbocycles. The molecule has 0 aliphatic carbocycles. The molecular weight excluding hydrogens is 214 g/mol. The molecule has 0 amide bonds. The summed E-state index contributed by atoms with van der Waals surface area (Å²) in [5, 5.41) is 12.7. The predicted molar refractivity (Wildman–Crippen MR) is 54.5 cm³/mol. The summed E-state index contributed by atoms with van der Waals surface area (Å²) in [6, 6.07) is 2.79. The molecule has 2 aromatic rings. The van der Waals surface area contributed by atoms with Gasteiger partial charge in [-0.1, -0.05) is 12.1 Å². The molecule has 16 heavy (non-hydrogen) atoms. The lowest BCUT2D eigenvalue weighted by Gasteiger charge is -2.04. The SMILES string of the molecule is Cn1cc(-c2ccc(CO)c(F)c2F)cn1. The van der Waals surface area contributed by atoms with E-state index in [1.54, 1.807) is 13.2 Å². The van der Waals surface area contributed by atoms with Crippen LogP contribution in [0.25, 0.3) is 11.1 Å². The Balaban J connectivity index is 2.55. The zero-order valence-electron chi connectivity index (χ0n) is 8.61. The quantitative estimate of drug-likeness (QED) is 0.845. The summed E-state index contributed by atoms with van der Waals surface area (Å²) in [6.45, 7) is -0.518. The molecule has 0 unspecified atom stereocenters. The van der Waals surface area contributed by atoms with E-state index >= 15 is 0 Å². The van der Waals surface area contributed by atoms with E-state index in [1.165, 1.54) is 23.0 Å². The van der Waals surface area contributed by atoms with Gasteiger partial charge in [0.25, 0.3) is 0 Å². The fourth-order valence-electron chi connectivity index (χ4n) is 1.49. The number of aryl methyl sites for hydroxylation is 1. The topological polar surface area (TPSA) is 38.0 Å². The highest BCUT2D eigenvalue weighted by molar-refractivity contribution is 5.63. The maximum atomic E-state index is 13.6. The lowest BCUT2D eigenvalue weighted by molar-refractivity contribution is 0.273. The van der Waals surface area contributed by atoms with Gasteiger partial charge in [0.15, 0.2) is 11.6 Å². The van der Waals surface area contributed by atoms with Crippen LogP contribution < -0.4 is 0 Å². The highest BCUT2D eigenvalue weighted by Crippen LogP contribution is 2.25. The maximum absolute atomic E-state index is 13.6. The molecule has 1 aromatic carbocycles. The molecule has 84 valence electrons. The van der Waals surface area contributed by atoms with Crippen molar-refractivity contribution in [3.8, 4) is 11.1 Å². The number of aliphatic hydroxyl groups excluding tert-OH is 1. The van der Waals surface area contributed by atoms with E-state index in [2.05, 4.69) is 5.10 Å². The van der Waals surface area contributed by atoms with E-state index < -0.39 is 18.2 Å². The second kappa shape index (κ2) is 4.02. The molecule has 1 aromatic heterocycles. The molecule has 0 aliphatic heterocycles. The number of halogens is 2. The summed E-state index contributed by atoms with van der Waals surface area (Å²) in [7, 11) is 1.69. The van der Waals surface area contributed by atoms with Gasteiger partial charge in [0.05, 0.1) is 12.8 Å². The Hall–Kier alpha value is -1.75. The molecule has 3 nitrogen and oxygen atoms in total. The highest BCUT2D eigenvalue weighted by Gasteiger charge is 2.14. The summed E-state index contributed by atoms with van der Waals surface area (Å²) < 4.78 is 28.5. The van der Waals surface area contributed by atoms with Gasteiger partial charge in [-0.05, 0) is 0 Å². The molecule has 0 atom stereocenters. The van der Waals surface area contributed by atoms with Gasteiger partial charge in [0.1, 0.15) is 0 Å². The average Bonchev–Trinajstić information content (AvgIpc) is 2.69. The first kappa shape index (κ1) is 10.8. The highest BCUT2D eigenvalue weighted by atomic mass is 19.2. The second-order valence-electron chi connectivity index (χ2n) is 3.46. The van der Waals surface area contributed by atoms with Gasteiger partial charge in [-0.15, -0.1) is 0 Å². The fraction of sp³-hybridized carbons (Fsp3) is 0.182. The van der Waals surface area contributed by atoms with Crippen molar-refractivity contribution in [2.45, 2.75) is 6.61 Å². The van der Waals surface area contributed by atoms with Gasteiger partial charge in [0, 0.05) is 29.9 Å². The zero-order valence-corrected chi connectivity index (χ0v) is 8.61. The lowest BCUT2D eigenvalue weighted by atomic mass is 10.1. The Morgan fingerprint density at radius 2 is 2.06 bits per heavy atom. The number of hydrogen-bond acceptors (Lipinski definition) is 2. The van der Waals surface area contributed by atoms with E-state index in [0.29, 0.717) is 5.56 Å². The van der Waals surface area contributed by atoms with Gasteiger partial charge in [0.2, 0.25) is 0 Å². The summed E-state index contributed by atoms with van der Waals surface area (Å²) >= 11 is 0. The number of aliphatic hydroxyl groups is 1. The van der Waals surface area contributed by atoms with Crippen LogP contribution >= 0.6 is 0 Å². The van der Waals surface area contributed by atoms with Crippen molar-refractivity contribution in [1.29, 1.82) is 0 Å². The van der Waals surface area contributed by atoms with Crippen LogP contribution in [0.1, 0.15) is 5.56 Å². The van der Waals surface area contributed by atoms with Crippen LogP contribution in [0, 0.1) is 11.6 Å². The average molecular weight is 224 g/mol. The molecule has 5 heteroatoms. The van der Waals surface area contributed by atoms with Crippen LogP contribution in [0.4, 0.5) is 8.78 Å². The van der Waals surface area contributed by atoms with Gasteiger partial charge in [-0.3, -0.25) is 4.68 Å². The van der Waals surface area contributed by atoms with Crippen molar-refractivity contribution >= 4 is 0 Å². The van der Waals surface area contributed by atoms with Gasteiger partial charge >= 0.3 is 0 Å². The van der Waals surface area contributed by atoms with Crippen LogP contribution in [0.5, 0.6) is 0 Å². The molecule has 0 radical (unpaired) electrons. The van der Waals surface area contributed by atoms with Crippen molar-refractivity contribution in [1.82, 2.24) is 9.78 Å². The normalized spacial score (nSPS) is 10.8. The molecule has 2 rings (SSSR count). The Labute approximate surface area is 91.0 Å². The van der Waals surface area contributed by atoms with Crippen molar-refractivity contribution in [2.75, 3.05) is 0 Å². The number of hydrogen-bond donors (Lipinski definition) is 1. The monoisotopic (exact) mass is 224 g/mol. The lowest BCUT2D eigenvalue weighted by Crippen LogP contribution is -1.96. The Morgan fingerprint density at radius 1 is 1.31 bits per heavy atom. The van der Waals surface area contributed by atoms with E-state index in [0.717, 1.165) is 0 Å². The first-order valence-electron chi connectivity index (χ1n) is 4.70. The molecule has 0 saturated heterocycles. The minimum atomic E-state index is -1.01. The summed E-state index contributed by atoms with van der Waals surface area (Å²) in [4.78, 5) is 0. The molecule has 0 fully saturated rings. The first-order valence-corrected chi connectivity index (χ1v) is 4.70. The first-order chi connectivity index (χ1) is 7.63. The summed E-state index contributed by atoms with van der Waals surface area (Å²) in [6.07, 6.45) is 3.05. The van der Waals surface area contributed by atoms with Gasteiger partial charge in [-0.2, -0.15) is 5.10 Å². The molecule has 0 spiro atoms. The number of aromatic nitrogens is 2. The molecule has 1 heterocycles. The van der Waals surface area contributed by atoms with E-state index in [9.17, 15) is 8.78 Å². The van der Waals surface area contributed by atoms with Gasteiger partial charge in [-0.25, -0.2) is 8.78 Å². The largest absolute Gasteiger partial charge is 0.392 e. The number of nitrogens with zero attached hydrogens (tertiary/aromatic N) is 2. The van der Waals surface area contributed by atoms with E-state index in [1.807, 2.05) is 0 Å². The molecule has 1 N–H and O–H groups in total. The number of rotatable bonds is 2. The van der Waals surface area contributed by atoms with Crippen molar-refractivity contribution in [3.05, 3.63) is 41.7 Å². The summed E-state index contributed by atoms with van der Waals surface area (Å²) in [5.74, 6) is -1.97. The second-order valence-corrected chi connectivity index (χ2v) is 3.46. The Morgan fingerprint density at radius 3 is 2.62 bits per heavy atom. The third-order valence-corrected chi connectivity index (χ3v) is 2.35. The maximum Gasteiger partial charge on any atom is 0.167 e. The van der Waals surface area contributed by atoms with Crippen molar-refractivity contribution < 1.29 is 13.9 Å². The molecule has 0 bridgehead atoms. The fourth-order valence-corrected chi connectivity index (χ4v) is 1.49. The zero-order chi connectivity index (χ0) is 11.7. The Bertz CT molecular complexity index is 523. The van der Waals surface area contributed by atoms with Crippen LogP contribution in [-0.2, 0) is 13.7 Å². The number of benzene rings is 1. The van der Waals surface area contributed by atoms with Crippen molar-refractivity contribution in [2.24, 2.45) is 7.05 Å². The predicted octanol–water partition coefficient (Wildman–Crippen LogP) is 1.86. The van der Waals surface area contributed by atoms with E-state index in [-0.39, 0.29) is 11.1 Å². The smallest absolute Gasteiger partial charge is 0.167 e. The van der Waals surface area contributed by atoms with Gasteiger partial charge < -0.3 is 5.11 Å². The third kappa shape index (κ3) is 1.69. The summed E-state index contributed by atoms with van der Waals surface area (Å²) in [5.41, 5.74) is 0.594. The van der Waals surface area contributed by atoms with E-state index in [4.69, 9.17) is 5.11 Å². The van der Waals surface area contributed by atoms with Crippen LogP contribution in [-0.4, -0.2) is 14.9 Å². The minimum absolute atomic E-state index is 0.0508. The van der Waals surface area contributed by atoms with Crippen LogP contribution in [0.15, 0.2) is 24.5 Å². The third-order valence-electron chi connectivity index (χ3n) is 2.35. The minimum Gasteiger partial charge on any atom is -0.392 e. The standard InChI is InChI=1S/C11H10F2N2O/c1-15-5-8(4-14-15)9-3-2-7(6-16)10(12)11(9)13/h2-5,16H,6H2,1H3.